The van der Waals surface area contributed by atoms with Crippen LogP contribution < -0.4 is 0 Å². The van der Waals surface area contributed by atoms with Crippen molar-refractivity contribution in [1.29, 1.82) is 0 Å². The van der Waals surface area contributed by atoms with Gasteiger partial charge in [0.2, 0.25) is 0 Å². The fourth-order valence-electron chi connectivity index (χ4n) is 1.24. The maximum absolute atomic E-state index is 9.29. The van der Waals surface area contributed by atoms with Crippen LogP contribution in [0.4, 0.5) is 0 Å². The number of aliphatic hydroxyl groups excluding tert-OH is 2. The second-order valence-corrected chi connectivity index (χ2v) is 2.86. The first-order valence-electron chi connectivity index (χ1n) is 3.71. The van der Waals surface area contributed by atoms with Crippen LogP contribution in [0, 0.1) is 11.8 Å². The van der Waals surface area contributed by atoms with Crippen molar-refractivity contribution < 1.29 is 10.2 Å². The molecule has 0 bridgehead atoms. The molecule has 0 amide bonds. The average Bonchev–Trinajstić information content (AvgIpc) is 2.66. The van der Waals surface area contributed by atoms with E-state index in [9.17, 15) is 5.11 Å². The largest absolute Gasteiger partial charge is 0.396 e. The van der Waals surface area contributed by atoms with E-state index in [1.165, 1.54) is 0 Å². The van der Waals surface area contributed by atoms with E-state index in [0.29, 0.717) is 11.8 Å². The van der Waals surface area contributed by atoms with Gasteiger partial charge in [-0.15, -0.1) is 0 Å². The number of allylic oxidation sites excluding steroid dienone is 1. The first kappa shape index (κ1) is 7.76. The normalized spacial score (nSPS) is 34.7. The van der Waals surface area contributed by atoms with Crippen molar-refractivity contribution in [2.24, 2.45) is 11.8 Å². The summed E-state index contributed by atoms with van der Waals surface area (Å²) >= 11 is 0. The monoisotopic (exact) mass is 142 g/mol. The molecule has 1 fully saturated rings. The van der Waals surface area contributed by atoms with Crippen molar-refractivity contribution in [2.45, 2.75) is 19.4 Å². The van der Waals surface area contributed by atoms with E-state index < -0.39 is 0 Å². The summed E-state index contributed by atoms with van der Waals surface area (Å²) in [5, 5.41) is 18.0. The van der Waals surface area contributed by atoms with Crippen LogP contribution >= 0.6 is 0 Å². The Labute approximate surface area is 61.2 Å². The van der Waals surface area contributed by atoms with Crippen LogP contribution in [0.1, 0.15) is 13.3 Å². The highest BCUT2D eigenvalue weighted by Crippen LogP contribution is 2.40. The van der Waals surface area contributed by atoms with Gasteiger partial charge in [-0.2, -0.15) is 0 Å². The maximum atomic E-state index is 9.29. The minimum absolute atomic E-state index is 0.222. The molecule has 3 atom stereocenters. The second-order valence-electron chi connectivity index (χ2n) is 2.86. The molecule has 0 aliphatic heterocycles. The van der Waals surface area contributed by atoms with Crippen molar-refractivity contribution in [3.63, 3.8) is 0 Å². The Kier molecular flexibility index (Phi) is 2.46. The van der Waals surface area contributed by atoms with E-state index in [-0.39, 0.29) is 12.7 Å². The summed E-state index contributed by atoms with van der Waals surface area (Å²) in [6.45, 7) is 2.11. The summed E-state index contributed by atoms with van der Waals surface area (Å²) in [5.41, 5.74) is 0. The minimum atomic E-state index is -0.331. The van der Waals surface area contributed by atoms with Crippen LogP contribution in [0.15, 0.2) is 12.2 Å². The highest BCUT2D eigenvalue weighted by molar-refractivity contribution is 5.00. The van der Waals surface area contributed by atoms with Crippen molar-refractivity contribution in [2.75, 3.05) is 6.61 Å². The van der Waals surface area contributed by atoms with Crippen molar-refractivity contribution in [1.82, 2.24) is 0 Å². The molecule has 0 radical (unpaired) electrons. The highest BCUT2D eigenvalue weighted by atomic mass is 16.3. The molecule has 1 aliphatic rings. The molecule has 2 heteroatoms. The molecule has 2 N–H and O–H groups in total. The zero-order valence-corrected chi connectivity index (χ0v) is 6.20. The van der Waals surface area contributed by atoms with Crippen LogP contribution in [0.25, 0.3) is 0 Å². The van der Waals surface area contributed by atoms with Gasteiger partial charge < -0.3 is 10.2 Å². The highest BCUT2D eigenvalue weighted by Gasteiger charge is 2.40. The standard InChI is InChI=1S/C8H14O2/c1-2-3-8(10)7-4-6(7)5-9/h2-3,6-10H,4-5H2,1H3. The molecule has 0 aromatic carbocycles. The van der Waals surface area contributed by atoms with Gasteiger partial charge in [0.25, 0.3) is 0 Å². The minimum Gasteiger partial charge on any atom is -0.396 e. The lowest BCUT2D eigenvalue weighted by Crippen LogP contribution is -2.07. The Morgan fingerprint density at radius 2 is 2.40 bits per heavy atom. The Morgan fingerprint density at radius 3 is 2.80 bits per heavy atom. The number of aliphatic hydroxyl groups is 2. The Hall–Kier alpha value is -0.340. The van der Waals surface area contributed by atoms with E-state index in [1.807, 2.05) is 13.0 Å². The fraction of sp³-hybridized carbons (Fsp3) is 0.750. The molecule has 1 rings (SSSR count). The van der Waals surface area contributed by atoms with Gasteiger partial charge in [-0.05, 0) is 25.2 Å². The Morgan fingerprint density at radius 1 is 1.70 bits per heavy atom. The Balaban J connectivity index is 2.25. The summed E-state index contributed by atoms with van der Waals surface area (Å²) in [7, 11) is 0. The second kappa shape index (κ2) is 3.17. The van der Waals surface area contributed by atoms with Crippen LogP contribution in [0.2, 0.25) is 0 Å². The molecule has 58 valence electrons. The predicted molar refractivity (Wildman–Crippen MR) is 39.5 cm³/mol. The van der Waals surface area contributed by atoms with Crippen molar-refractivity contribution >= 4 is 0 Å². The molecule has 0 spiro atoms. The number of rotatable bonds is 3. The van der Waals surface area contributed by atoms with Gasteiger partial charge in [0, 0.05) is 6.61 Å². The summed E-state index contributed by atoms with van der Waals surface area (Å²) < 4.78 is 0. The molecular formula is C8H14O2. The molecule has 2 nitrogen and oxygen atoms in total. The lowest BCUT2D eigenvalue weighted by Gasteiger charge is -2.01. The SMILES string of the molecule is CC=CC(O)C1CC1CO. The Bertz CT molecular complexity index is 131. The van der Waals surface area contributed by atoms with Gasteiger partial charge in [-0.25, -0.2) is 0 Å². The van der Waals surface area contributed by atoms with Crippen molar-refractivity contribution in [3.8, 4) is 0 Å². The topological polar surface area (TPSA) is 40.5 Å². The zero-order chi connectivity index (χ0) is 7.56. The first-order valence-corrected chi connectivity index (χ1v) is 3.71. The number of hydrogen-bond acceptors (Lipinski definition) is 2. The van der Waals surface area contributed by atoms with E-state index in [2.05, 4.69) is 0 Å². The van der Waals surface area contributed by atoms with Crippen molar-refractivity contribution in [3.05, 3.63) is 12.2 Å². The smallest absolute Gasteiger partial charge is 0.0752 e. The van der Waals surface area contributed by atoms with E-state index >= 15 is 0 Å². The molecule has 0 aromatic rings. The lowest BCUT2D eigenvalue weighted by molar-refractivity contribution is 0.178. The lowest BCUT2D eigenvalue weighted by atomic mass is 10.2. The summed E-state index contributed by atoms with van der Waals surface area (Å²) in [6.07, 6.45) is 4.27. The molecule has 0 saturated heterocycles. The predicted octanol–water partition coefficient (Wildman–Crippen LogP) is 0.552. The maximum Gasteiger partial charge on any atom is 0.0752 e. The van der Waals surface area contributed by atoms with Gasteiger partial charge >= 0.3 is 0 Å². The first-order chi connectivity index (χ1) is 4.79. The molecule has 1 aliphatic carbocycles. The van der Waals surface area contributed by atoms with E-state index in [0.717, 1.165) is 6.42 Å². The van der Waals surface area contributed by atoms with Crippen LogP contribution in [-0.4, -0.2) is 22.9 Å². The van der Waals surface area contributed by atoms with E-state index in [1.54, 1.807) is 6.08 Å². The van der Waals surface area contributed by atoms with Gasteiger partial charge in [0.05, 0.1) is 6.10 Å². The van der Waals surface area contributed by atoms with Gasteiger partial charge in [-0.1, -0.05) is 12.2 Å². The fourth-order valence-corrected chi connectivity index (χ4v) is 1.24. The third-order valence-corrected chi connectivity index (χ3v) is 2.04. The summed E-state index contributed by atoms with van der Waals surface area (Å²) in [4.78, 5) is 0. The summed E-state index contributed by atoms with van der Waals surface area (Å²) in [5.74, 6) is 0.674. The molecule has 10 heavy (non-hydrogen) atoms. The van der Waals surface area contributed by atoms with E-state index in [4.69, 9.17) is 5.11 Å². The van der Waals surface area contributed by atoms with Gasteiger partial charge in [0.15, 0.2) is 0 Å². The molecule has 0 heterocycles. The molecule has 1 saturated carbocycles. The summed E-state index contributed by atoms with van der Waals surface area (Å²) in [6, 6.07) is 0. The molecule has 0 aromatic heterocycles. The third-order valence-electron chi connectivity index (χ3n) is 2.04. The molecular weight excluding hydrogens is 128 g/mol. The van der Waals surface area contributed by atoms with Crippen LogP contribution in [-0.2, 0) is 0 Å². The molecule has 3 unspecified atom stereocenters. The van der Waals surface area contributed by atoms with Gasteiger partial charge in [-0.3, -0.25) is 0 Å². The van der Waals surface area contributed by atoms with Crippen LogP contribution in [0.3, 0.4) is 0 Å². The quantitative estimate of drug-likeness (QED) is 0.565. The van der Waals surface area contributed by atoms with Crippen LogP contribution in [0.5, 0.6) is 0 Å². The average molecular weight is 142 g/mol. The third kappa shape index (κ3) is 1.58. The number of hydrogen-bond donors (Lipinski definition) is 2. The van der Waals surface area contributed by atoms with Gasteiger partial charge in [0.1, 0.15) is 0 Å². The zero-order valence-electron chi connectivity index (χ0n) is 6.20.